The molecule has 7 nitrogen and oxygen atoms in total. The summed E-state index contributed by atoms with van der Waals surface area (Å²) >= 11 is 1.71. The second-order valence-corrected chi connectivity index (χ2v) is 8.82. The highest BCUT2D eigenvalue weighted by Gasteiger charge is 2.36. The van der Waals surface area contributed by atoms with Gasteiger partial charge in [0.1, 0.15) is 5.69 Å². The fourth-order valence-electron chi connectivity index (χ4n) is 2.41. The van der Waals surface area contributed by atoms with Crippen LogP contribution in [0.2, 0.25) is 0 Å². The molecule has 0 spiro atoms. The molecule has 0 saturated carbocycles. The van der Waals surface area contributed by atoms with Gasteiger partial charge in [-0.2, -0.15) is 16.1 Å². The largest absolute Gasteiger partial charge is 0.393 e. The molecule has 0 radical (unpaired) electrons. The molecule has 1 aromatic carbocycles. The Kier molecular flexibility index (Phi) is 4.45. The van der Waals surface area contributed by atoms with E-state index in [1.807, 2.05) is 13.8 Å². The maximum Gasteiger partial charge on any atom is 0.312 e. The number of thioether (sulfide) groups is 1. The van der Waals surface area contributed by atoms with E-state index in [1.165, 1.54) is 22.5 Å². The summed E-state index contributed by atoms with van der Waals surface area (Å²) in [6.45, 7) is 4.56. The van der Waals surface area contributed by atoms with E-state index in [0.717, 1.165) is 0 Å². The van der Waals surface area contributed by atoms with Gasteiger partial charge in [0.25, 0.3) is 0 Å². The van der Waals surface area contributed by atoms with Crippen LogP contribution < -0.4 is 5.73 Å². The van der Waals surface area contributed by atoms with Crippen LogP contribution in [-0.2, 0) is 10.0 Å². The third-order valence-electron chi connectivity index (χ3n) is 3.22. The number of nitrogens with zero attached hydrogens (tertiary/aromatic N) is 2. The first-order valence-electron chi connectivity index (χ1n) is 6.42. The number of benzene rings is 1. The van der Waals surface area contributed by atoms with Gasteiger partial charge in [-0.3, -0.25) is 10.1 Å². The van der Waals surface area contributed by atoms with Crippen LogP contribution in [0.3, 0.4) is 0 Å². The Bertz CT molecular complexity index is 652. The maximum atomic E-state index is 12.7. The monoisotopic (exact) mass is 331 g/mol. The van der Waals surface area contributed by atoms with E-state index in [2.05, 4.69) is 0 Å². The average molecular weight is 331 g/mol. The molecule has 2 atom stereocenters. The van der Waals surface area contributed by atoms with Crippen molar-refractivity contribution in [2.24, 2.45) is 0 Å². The Labute approximate surface area is 127 Å². The van der Waals surface area contributed by atoms with Crippen LogP contribution in [0.25, 0.3) is 0 Å². The molecule has 0 aliphatic carbocycles. The van der Waals surface area contributed by atoms with Crippen LogP contribution in [0.1, 0.15) is 13.8 Å². The number of hydrogen-bond donors (Lipinski definition) is 1. The summed E-state index contributed by atoms with van der Waals surface area (Å²) in [5.41, 5.74) is 4.88. The van der Waals surface area contributed by atoms with Gasteiger partial charge in [-0.1, -0.05) is 19.9 Å². The number of rotatable bonds is 3. The quantitative estimate of drug-likeness (QED) is 0.513. The summed E-state index contributed by atoms with van der Waals surface area (Å²) in [7, 11) is -3.93. The highest BCUT2D eigenvalue weighted by atomic mass is 32.2. The Morgan fingerprint density at radius 2 is 1.90 bits per heavy atom. The van der Waals surface area contributed by atoms with Gasteiger partial charge in [0.05, 0.1) is 4.92 Å². The molecule has 2 N–H and O–H groups in total. The molecule has 1 saturated heterocycles. The van der Waals surface area contributed by atoms with Crippen LogP contribution in [0.5, 0.6) is 0 Å². The summed E-state index contributed by atoms with van der Waals surface area (Å²) in [4.78, 5) is 10.1. The van der Waals surface area contributed by atoms with E-state index in [4.69, 9.17) is 5.73 Å². The van der Waals surface area contributed by atoms with Crippen molar-refractivity contribution in [3.8, 4) is 0 Å². The summed E-state index contributed by atoms with van der Waals surface area (Å²) in [5.74, 6) is 0. The second-order valence-electron chi connectivity index (χ2n) is 5.03. The summed E-state index contributed by atoms with van der Waals surface area (Å²) in [5, 5.41) is 11.4. The molecular weight excluding hydrogens is 314 g/mol. The summed E-state index contributed by atoms with van der Waals surface area (Å²) in [6, 6.07) is 3.98. The van der Waals surface area contributed by atoms with Gasteiger partial charge in [-0.25, -0.2) is 8.42 Å². The first-order valence-corrected chi connectivity index (χ1v) is 8.80. The molecule has 1 heterocycles. The predicted molar refractivity (Wildman–Crippen MR) is 82.8 cm³/mol. The maximum absolute atomic E-state index is 12.7. The second kappa shape index (κ2) is 5.82. The van der Waals surface area contributed by atoms with Crippen LogP contribution in [0.15, 0.2) is 23.1 Å². The molecule has 21 heavy (non-hydrogen) atoms. The normalized spacial score (nSPS) is 23.9. The first kappa shape index (κ1) is 16.1. The number of hydrogen-bond acceptors (Lipinski definition) is 6. The Morgan fingerprint density at radius 1 is 1.33 bits per heavy atom. The lowest BCUT2D eigenvalue weighted by molar-refractivity contribution is -0.386. The van der Waals surface area contributed by atoms with E-state index < -0.39 is 20.6 Å². The lowest BCUT2D eigenvalue weighted by Crippen LogP contribution is -2.44. The van der Waals surface area contributed by atoms with E-state index in [0.29, 0.717) is 13.1 Å². The number of para-hydroxylation sites is 1. The number of anilines is 1. The minimum Gasteiger partial charge on any atom is -0.393 e. The molecule has 9 heteroatoms. The van der Waals surface area contributed by atoms with Crippen molar-refractivity contribution in [2.75, 3.05) is 18.8 Å². The molecule has 1 aliphatic rings. The Morgan fingerprint density at radius 3 is 2.43 bits per heavy atom. The average Bonchev–Trinajstić information content (AvgIpc) is 2.36. The van der Waals surface area contributed by atoms with Crippen LogP contribution in [0, 0.1) is 10.1 Å². The van der Waals surface area contributed by atoms with E-state index in [1.54, 1.807) is 11.8 Å². The smallest absolute Gasteiger partial charge is 0.312 e. The minimum atomic E-state index is -3.93. The van der Waals surface area contributed by atoms with Crippen molar-refractivity contribution in [1.29, 1.82) is 0 Å². The van der Waals surface area contributed by atoms with Gasteiger partial charge in [0.2, 0.25) is 10.0 Å². The van der Waals surface area contributed by atoms with E-state index in [9.17, 15) is 18.5 Å². The zero-order valence-electron chi connectivity index (χ0n) is 11.7. The molecule has 0 aromatic heterocycles. The number of nitrogens with two attached hydrogens (primary N) is 1. The van der Waals surface area contributed by atoms with Crippen LogP contribution in [-0.4, -0.2) is 41.2 Å². The van der Waals surface area contributed by atoms with E-state index in [-0.39, 0.29) is 21.1 Å². The number of nitrogen functional groups attached to an aromatic ring is 1. The SMILES string of the molecule is CC1CN(S(=O)(=O)c2cccc(N)c2[N+](=O)[O-])CC(C)S1. The van der Waals surface area contributed by atoms with Gasteiger partial charge in [-0.05, 0) is 12.1 Å². The zero-order chi connectivity index (χ0) is 15.8. The molecule has 2 unspecified atom stereocenters. The minimum absolute atomic E-state index is 0.142. The third kappa shape index (κ3) is 3.14. The third-order valence-corrected chi connectivity index (χ3v) is 6.31. The lowest BCUT2D eigenvalue weighted by atomic mass is 10.3. The summed E-state index contributed by atoms with van der Waals surface area (Å²) < 4.78 is 26.7. The number of nitro benzene ring substituents is 1. The van der Waals surface area contributed by atoms with Crippen LogP contribution in [0.4, 0.5) is 11.4 Å². The predicted octanol–water partition coefficient (Wildman–Crippen LogP) is 1.69. The van der Waals surface area contributed by atoms with Crippen molar-refractivity contribution in [3.63, 3.8) is 0 Å². The highest BCUT2D eigenvalue weighted by molar-refractivity contribution is 8.00. The molecule has 116 valence electrons. The first-order chi connectivity index (χ1) is 9.73. The molecule has 0 amide bonds. The molecule has 1 fully saturated rings. The Balaban J connectivity index is 2.50. The van der Waals surface area contributed by atoms with Gasteiger partial charge in [-0.15, -0.1) is 0 Å². The van der Waals surface area contributed by atoms with Crippen molar-refractivity contribution in [2.45, 2.75) is 29.2 Å². The molecule has 1 aliphatic heterocycles. The number of sulfonamides is 1. The van der Waals surface area contributed by atoms with Crippen molar-refractivity contribution < 1.29 is 13.3 Å². The van der Waals surface area contributed by atoms with Gasteiger partial charge in [0.15, 0.2) is 4.90 Å². The van der Waals surface area contributed by atoms with Crippen molar-refractivity contribution >= 4 is 33.2 Å². The van der Waals surface area contributed by atoms with Gasteiger partial charge < -0.3 is 5.73 Å². The van der Waals surface area contributed by atoms with Crippen molar-refractivity contribution in [3.05, 3.63) is 28.3 Å². The molecule has 2 rings (SSSR count). The molecule has 0 bridgehead atoms. The molecular formula is C12H17N3O4S2. The fourth-order valence-corrected chi connectivity index (χ4v) is 5.73. The van der Waals surface area contributed by atoms with E-state index >= 15 is 0 Å². The topological polar surface area (TPSA) is 107 Å². The lowest BCUT2D eigenvalue weighted by Gasteiger charge is -2.33. The van der Waals surface area contributed by atoms with Crippen molar-refractivity contribution in [1.82, 2.24) is 4.31 Å². The number of nitro groups is 1. The Hall–Kier alpha value is -1.32. The van der Waals surface area contributed by atoms with Crippen LogP contribution >= 0.6 is 11.8 Å². The van der Waals surface area contributed by atoms with Gasteiger partial charge in [0, 0.05) is 23.6 Å². The summed E-state index contributed by atoms with van der Waals surface area (Å²) in [6.07, 6.45) is 0. The van der Waals surface area contributed by atoms with Gasteiger partial charge >= 0.3 is 5.69 Å². The standard InChI is InChI=1S/C12H17N3O4S2/c1-8-6-14(7-9(2)20-8)21(18,19)11-5-3-4-10(13)12(11)15(16)17/h3-5,8-9H,6-7,13H2,1-2H3. The molecule has 1 aromatic rings. The fraction of sp³-hybridized carbons (Fsp3) is 0.500. The highest BCUT2D eigenvalue weighted by Crippen LogP contribution is 2.34. The zero-order valence-corrected chi connectivity index (χ0v) is 13.4.